The lowest BCUT2D eigenvalue weighted by atomic mass is 9.87. The predicted octanol–water partition coefficient (Wildman–Crippen LogP) is 3.10. The second-order valence-corrected chi connectivity index (χ2v) is 9.06. The van der Waals surface area contributed by atoms with Gasteiger partial charge in [-0.25, -0.2) is 8.42 Å². The number of piperidine rings is 1. The minimum absolute atomic E-state index is 0.00848. The van der Waals surface area contributed by atoms with E-state index >= 15 is 0 Å². The zero-order chi connectivity index (χ0) is 21.1. The van der Waals surface area contributed by atoms with E-state index in [4.69, 9.17) is 5.73 Å². The molecule has 152 valence electrons. The van der Waals surface area contributed by atoms with E-state index in [0.717, 1.165) is 5.56 Å². The van der Waals surface area contributed by atoms with Gasteiger partial charge in [0.05, 0.1) is 16.5 Å². The first-order valence-corrected chi connectivity index (χ1v) is 11.0. The van der Waals surface area contributed by atoms with Gasteiger partial charge in [0.2, 0.25) is 10.0 Å². The van der Waals surface area contributed by atoms with Crippen molar-refractivity contribution in [3.8, 4) is 0 Å². The van der Waals surface area contributed by atoms with Crippen LogP contribution in [0, 0.1) is 0 Å². The first-order chi connectivity index (χ1) is 14.4. The number of nitrogens with two attached hydrogens (primary N) is 1. The van der Waals surface area contributed by atoms with Crippen LogP contribution in [0.15, 0.2) is 89.5 Å². The normalized spacial score (nSPS) is 19.1. The van der Waals surface area contributed by atoms with Crippen molar-refractivity contribution >= 4 is 27.6 Å². The molecular formula is C23H21N3O3S. The number of ketones is 1. The number of nitrogens with zero attached hydrogens (tertiary/aromatic N) is 2. The van der Waals surface area contributed by atoms with Gasteiger partial charge >= 0.3 is 0 Å². The highest BCUT2D eigenvalue weighted by Gasteiger charge is 2.38. The molecule has 1 fully saturated rings. The second kappa shape index (κ2) is 8.22. The Labute approximate surface area is 175 Å². The van der Waals surface area contributed by atoms with Gasteiger partial charge in [0.15, 0.2) is 5.78 Å². The highest BCUT2D eigenvalue weighted by molar-refractivity contribution is 7.89. The summed E-state index contributed by atoms with van der Waals surface area (Å²) in [4.78, 5) is 17.6. The molecule has 2 N–H and O–H groups in total. The molecule has 0 spiro atoms. The number of hydrogen-bond donors (Lipinski definition) is 1. The highest BCUT2D eigenvalue weighted by atomic mass is 32.2. The Morgan fingerprint density at radius 2 is 1.67 bits per heavy atom. The maximum absolute atomic E-state index is 13.3. The standard InChI is InChI=1S/C23H21N3O3S/c24-19-9-11-21(12-10-19)30(28,29)26-15-18(14-20-8-4-5-13-25-20)23(27)22(16-26)17-6-2-1-3-7-17/h1-14,22H,15-16,24H2/b18-14-. The molecule has 7 heteroatoms. The minimum atomic E-state index is -3.80. The number of carbonyl (C=O) groups excluding carboxylic acids is 1. The number of anilines is 1. The summed E-state index contributed by atoms with van der Waals surface area (Å²) < 4.78 is 28.0. The number of Topliss-reactive ketones (excluding diaryl/α,β-unsaturated/α-hetero) is 1. The topological polar surface area (TPSA) is 93.4 Å². The third kappa shape index (κ3) is 4.03. The summed E-state index contributed by atoms with van der Waals surface area (Å²) in [6.07, 6.45) is 3.31. The average molecular weight is 420 g/mol. The lowest BCUT2D eigenvalue weighted by molar-refractivity contribution is -0.118. The molecule has 0 bridgehead atoms. The van der Waals surface area contributed by atoms with Crippen LogP contribution in [0.25, 0.3) is 6.08 Å². The molecule has 3 aromatic rings. The molecule has 0 amide bonds. The lowest BCUT2D eigenvalue weighted by Crippen LogP contribution is -2.44. The Bertz CT molecular complexity index is 1180. The summed E-state index contributed by atoms with van der Waals surface area (Å²) in [6, 6.07) is 20.7. The third-order valence-corrected chi connectivity index (χ3v) is 6.92. The van der Waals surface area contributed by atoms with Crippen LogP contribution in [0.5, 0.6) is 0 Å². The van der Waals surface area contributed by atoms with Crippen LogP contribution in [0.2, 0.25) is 0 Å². The van der Waals surface area contributed by atoms with Gasteiger partial charge in [-0.2, -0.15) is 4.31 Å². The summed E-state index contributed by atoms with van der Waals surface area (Å²) >= 11 is 0. The molecule has 2 heterocycles. The van der Waals surface area contributed by atoms with Crippen LogP contribution < -0.4 is 5.73 Å². The van der Waals surface area contributed by atoms with E-state index in [0.29, 0.717) is 17.0 Å². The number of pyridine rings is 1. The fourth-order valence-electron chi connectivity index (χ4n) is 3.51. The van der Waals surface area contributed by atoms with Gasteiger partial charge in [0.1, 0.15) is 0 Å². The molecule has 0 saturated carbocycles. The van der Waals surface area contributed by atoms with Gasteiger partial charge in [-0.05, 0) is 48.0 Å². The second-order valence-electron chi connectivity index (χ2n) is 7.12. The van der Waals surface area contributed by atoms with E-state index < -0.39 is 15.9 Å². The predicted molar refractivity (Wildman–Crippen MR) is 116 cm³/mol. The van der Waals surface area contributed by atoms with Gasteiger partial charge in [-0.15, -0.1) is 0 Å². The molecule has 1 saturated heterocycles. The summed E-state index contributed by atoms with van der Waals surface area (Å²) in [6.45, 7) is 0.0700. The Kier molecular flexibility index (Phi) is 5.48. The molecule has 1 aliphatic heterocycles. The van der Waals surface area contributed by atoms with Crippen molar-refractivity contribution in [3.05, 3.63) is 95.8 Å². The Hall–Kier alpha value is -3.29. The monoisotopic (exact) mass is 419 g/mol. The highest BCUT2D eigenvalue weighted by Crippen LogP contribution is 2.31. The fourth-order valence-corrected chi connectivity index (χ4v) is 4.95. The first-order valence-electron chi connectivity index (χ1n) is 9.51. The van der Waals surface area contributed by atoms with Crippen molar-refractivity contribution in [2.24, 2.45) is 0 Å². The molecular weight excluding hydrogens is 398 g/mol. The molecule has 2 aromatic carbocycles. The van der Waals surface area contributed by atoms with E-state index in [1.165, 1.54) is 16.4 Å². The number of carbonyl (C=O) groups is 1. The van der Waals surface area contributed by atoms with E-state index in [-0.39, 0.29) is 23.8 Å². The summed E-state index contributed by atoms with van der Waals surface area (Å²) in [5, 5.41) is 0. The van der Waals surface area contributed by atoms with Crippen LogP contribution in [0.3, 0.4) is 0 Å². The molecule has 1 unspecified atom stereocenters. The van der Waals surface area contributed by atoms with Gasteiger partial charge in [0, 0.05) is 30.5 Å². The maximum atomic E-state index is 13.3. The van der Waals surface area contributed by atoms with Crippen LogP contribution in [-0.4, -0.2) is 36.6 Å². The third-order valence-electron chi connectivity index (χ3n) is 5.10. The smallest absolute Gasteiger partial charge is 0.243 e. The van der Waals surface area contributed by atoms with E-state index in [1.807, 2.05) is 36.4 Å². The van der Waals surface area contributed by atoms with E-state index in [9.17, 15) is 13.2 Å². The van der Waals surface area contributed by atoms with Crippen LogP contribution >= 0.6 is 0 Å². The zero-order valence-electron chi connectivity index (χ0n) is 16.2. The van der Waals surface area contributed by atoms with Gasteiger partial charge in [-0.1, -0.05) is 36.4 Å². The zero-order valence-corrected chi connectivity index (χ0v) is 17.0. The van der Waals surface area contributed by atoms with Crippen molar-refractivity contribution in [2.75, 3.05) is 18.8 Å². The fraction of sp³-hybridized carbons (Fsp3) is 0.130. The van der Waals surface area contributed by atoms with Crippen molar-refractivity contribution in [1.82, 2.24) is 9.29 Å². The number of nitrogen functional groups attached to an aromatic ring is 1. The van der Waals surface area contributed by atoms with E-state index in [2.05, 4.69) is 4.98 Å². The lowest BCUT2D eigenvalue weighted by Gasteiger charge is -2.33. The number of rotatable bonds is 4. The largest absolute Gasteiger partial charge is 0.399 e. The first kappa shape index (κ1) is 20.0. The minimum Gasteiger partial charge on any atom is -0.399 e. The van der Waals surface area contributed by atoms with Crippen molar-refractivity contribution in [2.45, 2.75) is 10.8 Å². The van der Waals surface area contributed by atoms with E-state index in [1.54, 1.807) is 36.5 Å². The van der Waals surface area contributed by atoms with Crippen LogP contribution in [0.1, 0.15) is 17.2 Å². The number of sulfonamides is 1. The number of benzene rings is 2. The molecule has 1 aromatic heterocycles. The Balaban J connectivity index is 1.76. The number of aromatic nitrogens is 1. The quantitative estimate of drug-likeness (QED) is 0.518. The SMILES string of the molecule is Nc1ccc(S(=O)(=O)N2C/C(=C/c3ccccn3)C(=O)C(c3ccccc3)C2)cc1. The molecule has 0 radical (unpaired) electrons. The Morgan fingerprint density at radius 3 is 2.33 bits per heavy atom. The summed E-state index contributed by atoms with van der Waals surface area (Å²) in [5.74, 6) is -0.672. The van der Waals surface area contributed by atoms with Crippen LogP contribution in [-0.2, 0) is 14.8 Å². The summed E-state index contributed by atoms with van der Waals surface area (Å²) in [5.41, 5.74) is 7.99. The number of hydrogen-bond acceptors (Lipinski definition) is 5. The van der Waals surface area contributed by atoms with Crippen molar-refractivity contribution in [1.29, 1.82) is 0 Å². The molecule has 1 atom stereocenters. The summed E-state index contributed by atoms with van der Waals surface area (Å²) in [7, 11) is -3.80. The van der Waals surface area contributed by atoms with Crippen molar-refractivity contribution in [3.63, 3.8) is 0 Å². The average Bonchev–Trinajstić information content (AvgIpc) is 2.76. The van der Waals surface area contributed by atoms with Gasteiger partial charge < -0.3 is 5.73 Å². The maximum Gasteiger partial charge on any atom is 0.243 e. The van der Waals surface area contributed by atoms with Crippen LogP contribution in [0.4, 0.5) is 5.69 Å². The molecule has 4 rings (SSSR count). The Morgan fingerprint density at radius 1 is 0.967 bits per heavy atom. The molecule has 1 aliphatic rings. The molecule has 6 nitrogen and oxygen atoms in total. The van der Waals surface area contributed by atoms with Gasteiger partial charge in [-0.3, -0.25) is 9.78 Å². The van der Waals surface area contributed by atoms with Gasteiger partial charge in [0.25, 0.3) is 0 Å². The van der Waals surface area contributed by atoms with Crippen molar-refractivity contribution < 1.29 is 13.2 Å². The molecule has 0 aliphatic carbocycles. The molecule has 30 heavy (non-hydrogen) atoms.